The minimum Gasteiger partial charge on any atom is -0.543 e. The van der Waals surface area contributed by atoms with Crippen LogP contribution in [0.15, 0.2) is 18.2 Å². The SMILES string of the molecule is CC(C)(C)[Si](C)(C)Oc1ccc(CBr)c([N+](=O)[O-])c1. The van der Waals surface area contributed by atoms with Crippen LogP contribution in [0.1, 0.15) is 26.3 Å². The molecule has 1 aromatic carbocycles. The quantitative estimate of drug-likeness (QED) is 0.338. The van der Waals surface area contributed by atoms with Crippen LogP contribution in [0.25, 0.3) is 0 Å². The van der Waals surface area contributed by atoms with Crippen LogP contribution >= 0.6 is 15.9 Å². The highest BCUT2D eigenvalue weighted by atomic mass is 79.9. The van der Waals surface area contributed by atoms with Crippen molar-refractivity contribution in [1.29, 1.82) is 0 Å². The topological polar surface area (TPSA) is 52.4 Å². The molecule has 0 aliphatic carbocycles. The van der Waals surface area contributed by atoms with Gasteiger partial charge in [0.1, 0.15) is 5.75 Å². The molecular formula is C13H20BrNO3Si. The summed E-state index contributed by atoms with van der Waals surface area (Å²) >= 11 is 3.26. The Hall–Kier alpha value is -0.883. The molecule has 4 nitrogen and oxygen atoms in total. The molecule has 0 fully saturated rings. The van der Waals surface area contributed by atoms with E-state index >= 15 is 0 Å². The molecule has 0 saturated carbocycles. The molecule has 0 aliphatic rings. The molecule has 106 valence electrons. The predicted molar refractivity (Wildman–Crippen MR) is 83.6 cm³/mol. The number of hydrogen-bond acceptors (Lipinski definition) is 3. The maximum absolute atomic E-state index is 11.0. The second-order valence-corrected chi connectivity index (χ2v) is 11.3. The first-order valence-corrected chi connectivity index (χ1v) is 10.1. The van der Waals surface area contributed by atoms with E-state index in [4.69, 9.17) is 4.43 Å². The van der Waals surface area contributed by atoms with Gasteiger partial charge in [0.2, 0.25) is 8.32 Å². The number of halogens is 1. The lowest BCUT2D eigenvalue weighted by molar-refractivity contribution is -0.385. The van der Waals surface area contributed by atoms with Crippen molar-refractivity contribution in [3.05, 3.63) is 33.9 Å². The third-order valence-electron chi connectivity index (χ3n) is 3.58. The Kier molecular flexibility index (Phi) is 4.79. The van der Waals surface area contributed by atoms with Gasteiger partial charge in [0.15, 0.2) is 0 Å². The van der Waals surface area contributed by atoms with Gasteiger partial charge in [-0.25, -0.2) is 0 Å². The maximum Gasteiger partial charge on any atom is 0.277 e. The van der Waals surface area contributed by atoms with Crippen molar-refractivity contribution in [1.82, 2.24) is 0 Å². The fourth-order valence-corrected chi connectivity index (χ4v) is 2.83. The van der Waals surface area contributed by atoms with E-state index in [0.717, 1.165) is 0 Å². The molecule has 0 unspecified atom stereocenters. The fourth-order valence-electron chi connectivity index (χ4n) is 1.34. The summed E-state index contributed by atoms with van der Waals surface area (Å²) in [5, 5.41) is 11.6. The van der Waals surface area contributed by atoms with Crippen LogP contribution in [-0.2, 0) is 5.33 Å². The monoisotopic (exact) mass is 345 g/mol. The largest absolute Gasteiger partial charge is 0.543 e. The molecule has 1 aromatic rings. The average molecular weight is 346 g/mol. The van der Waals surface area contributed by atoms with Crippen LogP contribution in [0, 0.1) is 10.1 Å². The molecule has 0 amide bonds. The molecule has 1 rings (SSSR count). The van der Waals surface area contributed by atoms with Gasteiger partial charge in [0.25, 0.3) is 5.69 Å². The number of alkyl halides is 1. The zero-order chi connectivity index (χ0) is 14.8. The summed E-state index contributed by atoms with van der Waals surface area (Å²) in [5.41, 5.74) is 0.765. The molecule has 0 radical (unpaired) electrons. The Bertz CT molecular complexity index is 483. The molecule has 0 bridgehead atoms. The van der Waals surface area contributed by atoms with Gasteiger partial charge in [0.05, 0.1) is 11.0 Å². The maximum atomic E-state index is 11.0. The lowest BCUT2D eigenvalue weighted by Gasteiger charge is -2.36. The third kappa shape index (κ3) is 3.79. The highest BCUT2D eigenvalue weighted by molar-refractivity contribution is 9.08. The van der Waals surface area contributed by atoms with Crippen molar-refractivity contribution < 1.29 is 9.35 Å². The van der Waals surface area contributed by atoms with E-state index in [9.17, 15) is 10.1 Å². The van der Waals surface area contributed by atoms with Crippen LogP contribution < -0.4 is 4.43 Å². The fraction of sp³-hybridized carbons (Fsp3) is 0.538. The summed E-state index contributed by atoms with van der Waals surface area (Å²) in [4.78, 5) is 10.7. The molecule has 0 atom stereocenters. The van der Waals surface area contributed by atoms with Crippen molar-refractivity contribution in [2.75, 3.05) is 0 Å². The summed E-state index contributed by atoms with van der Waals surface area (Å²) in [6, 6.07) is 5.08. The van der Waals surface area contributed by atoms with Gasteiger partial charge in [-0.3, -0.25) is 10.1 Å². The number of nitrogens with zero attached hydrogens (tertiary/aromatic N) is 1. The van der Waals surface area contributed by atoms with Gasteiger partial charge in [-0.2, -0.15) is 0 Å². The highest BCUT2D eigenvalue weighted by Crippen LogP contribution is 2.38. The summed E-state index contributed by atoms with van der Waals surface area (Å²) in [5.74, 6) is 0.586. The molecule has 0 aliphatic heterocycles. The summed E-state index contributed by atoms with van der Waals surface area (Å²) in [6.45, 7) is 10.7. The van der Waals surface area contributed by atoms with Crippen LogP contribution in [0.5, 0.6) is 5.75 Å². The molecule has 0 heterocycles. The lowest BCUT2D eigenvalue weighted by Crippen LogP contribution is -2.43. The number of hydrogen-bond donors (Lipinski definition) is 0. The molecule has 0 spiro atoms. The molecule has 19 heavy (non-hydrogen) atoms. The normalized spacial score (nSPS) is 12.3. The average Bonchev–Trinajstić information content (AvgIpc) is 2.26. The van der Waals surface area contributed by atoms with E-state index in [1.54, 1.807) is 6.07 Å². The number of nitro groups is 1. The lowest BCUT2D eigenvalue weighted by atomic mass is 10.2. The van der Waals surface area contributed by atoms with Crippen molar-refractivity contribution in [2.45, 2.75) is 44.2 Å². The van der Waals surface area contributed by atoms with Gasteiger partial charge in [0, 0.05) is 10.9 Å². The number of benzene rings is 1. The smallest absolute Gasteiger partial charge is 0.277 e. The Labute approximate surface area is 123 Å². The summed E-state index contributed by atoms with van der Waals surface area (Å²) < 4.78 is 6.08. The Morgan fingerprint density at radius 1 is 1.37 bits per heavy atom. The second kappa shape index (κ2) is 5.62. The van der Waals surface area contributed by atoms with Crippen LogP contribution in [0.3, 0.4) is 0 Å². The molecule has 0 aromatic heterocycles. The zero-order valence-corrected chi connectivity index (χ0v) is 14.6. The van der Waals surface area contributed by atoms with Crippen LogP contribution in [-0.4, -0.2) is 13.2 Å². The van der Waals surface area contributed by atoms with E-state index in [-0.39, 0.29) is 15.6 Å². The number of rotatable bonds is 4. The van der Waals surface area contributed by atoms with Gasteiger partial charge in [-0.1, -0.05) is 36.7 Å². The first-order chi connectivity index (χ1) is 8.58. The molecule has 0 saturated heterocycles. The van der Waals surface area contributed by atoms with Gasteiger partial charge >= 0.3 is 0 Å². The first kappa shape index (κ1) is 16.2. The van der Waals surface area contributed by atoms with E-state index in [0.29, 0.717) is 16.6 Å². The van der Waals surface area contributed by atoms with Gasteiger partial charge in [-0.15, -0.1) is 0 Å². The van der Waals surface area contributed by atoms with E-state index in [1.807, 2.05) is 6.07 Å². The Morgan fingerprint density at radius 2 is 1.95 bits per heavy atom. The minimum atomic E-state index is -1.97. The second-order valence-electron chi connectivity index (χ2n) is 6.04. The van der Waals surface area contributed by atoms with E-state index in [1.165, 1.54) is 6.07 Å². The minimum absolute atomic E-state index is 0.0654. The van der Waals surface area contributed by atoms with E-state index < -0.39 is 8.32 Å². The van der Waals surface area contributed by atoms with Crippen LogP contribution in [0.4, 0.5) is 5.69 Å². The highest BCUT2D eigenvalue weighted by Gasteiger charge is 2.39. The van der Waals surface area contributed by atoms with Gasteiger partial charge in [-0.05, 0) is 30.3 Å². The van der Waals surface area contributed by atoms with Crippen molar-refractivity contribution in [3.63, 3.8) is 0 Å². The summed E-state index contributed by atoms with van der Waals surface area (Å²) in [6.07, 6.45) is 0. The molecular weight excluding hydrogens is 326 g/mol. The van der Waals surface area contributed by atoms with Crippen molar-refractivity contribution >= 4 is 29.9 Å². The van der Waals surface area contributed by atoms with Gasteiger partial charge < -0.3 is 4.43 Å². The van der Waals surface area contributed by atoms with Crippen molar-refractivity contribution in [2.24, 2.45) is 0 Å². The summed E-state index contributed by atoms with van der Waals surface area (Å²) in [7, 11) is -1.97. The van der Waals surface area contributed by atoms with E-state index in [2.05, 4.69) is 49.8 Å². The molecule has 0 N–H and O–H groups in total. The predicted octanol–water partition coefficient (Wildman–Crippen LogP) is 4.87. The van der Waals surface area contributed by atoms with Crippen molar-refractivity contribution in [3.8, 4) is 5.75 Å². The first-order valence-electron chi connectivity index (χ1n) is 6.11. The Morgan fingerprint density at radius 3 is 2.37 bits per heavy atom. The molecule has 6 heteroatoms. The third-order valence-corrected chi connectivity index (χ3v) is 8.54. The van der Waals surface area contributed by atoms with Crippen LogP contribution in [0.2, 0.25) is 18.1 Å². The standard InChI is InChI=1S/C13H20BrNO3Si/c1-13(2,3)19(4,5)18-11-7-6-10(9-14)12(8-11)15(16)17/h6-8H,9H2,1-5H3. The zero-order valence-electron chi connectivity index (χ0n) is 12.0. The number of nitro benzene ring substituents is 1. The Balaban J connectivity index is 3.11.